The second kappa shape index (κ2) is 6.24. The van der Waals surface area contributed by atoms with Gasteiger partial charge in [0.1, 0.15) is 0 Å². The average Bonchev–Trinajstić information content (AvgIpc) is 2.47. The molecule has 0 aliphatic rings. The SMILES string of the molecule is CC(c1ccc(Cl)cc1)N(C)c1nc(NN)c(F)cc1F. The molecular weight excluding hydrogens is 298 g/mol. The van der Waals surface area contributed by atoms with Gasteiger partial charge in [-0.15, -0.1) is 0 Å². The van der Waals surface area contributed by atoms with Gasteiger partial charge in [0.15, 0.2) is 23.3 Å². The molecule has 1 aromatic carbocycles. The van der Waals surface area contributed by atoms with E-state index in [1.165, 1.54) is 0 Å². The highest BCUT2D eigenvalue weighted by Gasteiger charge is 2.19. The summed E-state index contributed by atoms with van der Waals surface area (Å²) in [5.74, 6) is 3.37. The third-order valence-corrected chi connectivity index (χ3v) is 3.57. The molecule has 1 aromatic heterocycles. The van der Waals surface area contributed by atoms with Gasteiger partial charge in [-0.25, -0.2) is 19.6 Å². The second-order valence-corrected chi connectivity index (χ2v) is 5.04. The van der Waals surface area contributed by atoms with Gasteiger partial charge in [0.2, 0.25) is 0 Å². The van der Waals surface area contributed by atoms with E-state index in [0.717, 1.165) is 11.6 Å². The third-order valence-electron chi connectivity index (χ3n) is 3.32. The molecule has 0 aliphatic carbocycles. The van der Waals surface area contributed by atoms with Gasteiger partial charge in [0, 0.05) is 18.1 Å². The molecule has 2 rings (SSSR count). The van der Waals surface area contributed by atoms with Gasteiger partial charge >= 0.3 is 0 Å². The number of nitrogen functional groups attached to an aromatic ring is 1. The van der Waals surface area contributed by atoms with E-state index in [1.807, 2.05) is 19.1 Å². The van der Waals surface area contributed by atoms with Crippen LogP contribution in [0.1, 0.15) is 18.5 Å². The third kappa shape index (κ3) is 3.22. The number of nitrogens with two attached hydrogens (primary N) is 1. The molecule has 0 spiro atoms. The number of hydrogen-bond donors (Lipinski definition) is 2. The summed E-state index contributed by atoms with van der Waals surface area (Å²) in [6, 6.07) is 7.76. The largest absolute Gasteiger partial charge is 0.350 e. The highest BCUT2D eigenvalue weighted by Crippen LogP contribution is 2.28. The number of anilines is 2. The Morgan fingerprint density at radius 1 is 1.24 bits per heavy atom. The lowest BCUT2D eigenvalue weighted by molar-refractivity contribution is 0.566. The van der Waals surface area contributed by atoms with Gasteiger partial charge in [0.05, 0.1) is 6.04 Å². The molecule has 0 saturated heterocycles. The summed E-state index contributed by atoms with van der Waals surface area (Å²) < 4.78 is 27.3. The van der Waals surface area contributed by atoms with Gasteiger partial charge in [-0.2, -0.15) is 0 Å². The number of halogens is 3. The van der Waals surface area contributed by atoms with E-state index in [-0.39, 0.29) is 17.7 Å². The monoisotopic (exact) mass is 312 g/mol. The lowest BCUT2D eigenvalue weighted by Gasteiger charge is -2.27. The summed E-state index contributed by atoms with van der Waals surface area (Å²) in [5.41, 5.74) is 3.03. The zero-order valence-electron chi connectivity index (χ0n) is 11.6. The number of aromatic nitrogens is 1. The Morgan fingerprint density at radius 3 is 2.43 bits per heavy atom. The Hall–Kier alpha value is -1.92. The fourth-order valence-corrected chi connectivity index (χ4v) is 2.08. The minimum atomic E-state index is -0.841. The molecule has 7 heteroatoms. The zero-order chi connectivity index (χ0) is 15.6. The summed E-state index contributed by atoms with van der Waals surface area (Å²) >= 11 is 5.85. The maximum atomic E-state index is 13.9. The fourth-order valence-electron chi connectivity index (χ4n) is 1.95. The lowest BCUT2D eigenvalue weighted by atomic mass is 10.1. The number of rotatable bonds is 4. The molecule has 0 radical (unpaired) electrons. The smallest absolute Gasteiger partial charge is 0.178 e. The van der Waals surface area contributed by atoms with Gasteiger partial charge in [-0.3, -0.25) is 0 Å². The predicted octanol–water partition coefficient (Wildman–Crippen LogP) is 3.50. The van der Waals surface area contributed by atoms with Crippen LogP contribution in [0, 0.1) is 11.6 Å². The van der Waals surface area contributed by atoms with Crippen molar-refractivity contribution in [2.45, 2.75) is 13.0 Å². The van der Waals surface area contributed by atoms with Crippen LogP contribution in [-0.4, -0.2) is 12.0 Å². The molecule has 1 atom stereocenters. The number of pyridine rings is 1. The van der Waals surface area contributed by atoms with Crippen LogP contribution in [0.25, 0.3) is 0 Å². The first-order chi connectivity index (χ1) is 9.93. The van der Waals surface area contributed by atoms with E-state index < -0.39 is 11.6 Å². The van der Waals surface area contributed by atoms with Crippen molar-refractivity contribution in [2.24, 2.45) is 5.84 Å². The molecule has 0 aliphatic heterocycles. The molecule has 4 nitrogen and oxygen atoms in total. The molecule has 0 fully saturated rings. The van der Waals surface area contributed by atoms with E-state index in [0.29, 0.717) is 5.02 Å². The Bertz CT molecular complexity index is 634. The Morgan fingerprint density at radius 2 is 1.86 bits per heavy atom. The molecule has 3 N–H and O–H groups in total. The predicted molar refractivity (Wildman–Crippen MR) is 80.2 cm³/mol. The number of nitrogens with zero attached hydrogens (tertiary/aromatic N) is 2. The van der Waals surface area contributed by atoms with E-state index in [2.05, 4.69) is 10.4 Å². The number of benzene rings is 1. The molecule has 1 unspecified atom stereocenters. The van der Waals surface area contributed by atoms with Crippen LogP contribution in [0.4, 0.5) is 20.4 Å². The molecule has 1 heterocycles. The molecule has 21 heavy (non-hydrogen) atoms. The normalized spacial score (nSPS) is 12.1. The van der Waals surface area contributed by atoms with Gasteiger partial charge in [-0.1, -0.05) is 23.7 Å². The van der Waals surface area contributed by atoms with Gasteiger partial charge in [-0.05, 0) is 24.6 Å². The maximum absolute atomic E-state index is 13.9. The van der Waals surface area contributed by atoms with Crippen LogP contribution in [0.3, 0.4) is 0 Å². The number of hydrazine groups is 1. The number of hydrogen-bond acceptors (Lipinski definition) is 4. The first-order valence-electron chi connectivity index (χ1n) is 6.25. The van der Waals surface area contributed by atoms with Crippen molar-refractivity contribution >= 4 is 23.2 Å². The molecular formula is C14H15ClF2N4. The van der Waals surface area contributed by atoms with Crippen LogP contribution in [-0.2, 0) is 0 Å². The molecule has 0 bridgehead atoms. The Kier molecular flexibility index (Phi) is 4.59. The highest BCUT2D eigenvalue weighted by molar-refractivity contribution is 6.30. The van der Waals surface area contributed by atoms with E-state index in [4.69, 9.17) is 17.4 Å². The van der Waals surface area contributed by atoms with Crippen LogP contribution in [0.2, 0.25) is 5.02 Å². The summed E-state index contributed by atoms with van der Waals surface area (Å²) in [5, 5.41) is 0.620. The standard InChI is InChI=1S/C14H15ClF2N4/c1-8(9-3-5-10(15)6-4-9)21(2)14-12(17)7-11(16)13(19-14)20-18/h3-8H,18H2,1-2H3,(H,19,20). The Balaban J connectivity index is 2.34. The highest BCUT2D eigenvalue weighted by atomic mass is 35.5. The van der Waals surface area contributed by atoms with Crippen LogP contribution < -0.4 is 16.2 Å². The lowest BCUT2D eigenvalue weighted by Crippen LogP contribution is -2.25. The minimum Gasteiger partial charge on any atom is -0.350 e. The van der Waals surface area contributed by atoms with E-state index in [9.17, 15) is 8.78 Å². The molecule has 0 amide bonds. The van der Waals surface area contributed by atoms with Crippen molar-refractivity contribution < 1.29 is 8.78 Å². The van der Waals surface area contributed by atoms with Crippen LogP contribution in [0.15, 0.2) is 30.3 Å². The summed E-state index contributed by atoms with van der Waals surface area (Å²) in [6.45, 7) is 1.88. The topological polar surface area (TPSA) is 54.2 Å². The summed E-state index contributed by atoms with van der Waals surface area (Å²) in [6.07, 6.45) is 0. The second-order valence-electron chi connectivity index (χ2n) is 4.61. The number of nitrogens with one attached hydrogen (secondary N) is 1. The fraction of sp³-hybridized carbons (Fsp3) is 0.214. The quantitative estimate of drug-likeness (QED) is 0.670. The average molecular weight is 313 g/mol. The molecule has 112 valence electrons. The molecule has 0 saturated carbocycles. The summed E-state index contributed by atoms with van der Waals surface area (Å²) in [7, 11) is 1.67. The Labute approximate surface area is 126 Å². The first-order valence-corrected chi connectivity index (χ1v) is 6.62. The first kappa shape index (κ1) is 15.5. The zero-order valence-corrected chi connectivity index (χ0v) is 12.3. The van der Waals surface area contributed by atoms with E-state index in [1.54, 1.807) is 24.1 Å². The summed E-state index contributed by atoms with van der Waals surface area (Å²) in [4.78, 5) is 5.46. The van der Waals surface area contributed by atoms with Crippen LogP contribution in [0.5, 0.6) is 0 Å². The van der Waals surface area contributed by atoms with Crippen LogP contribution >= 0.6 is 11.6 Å². The van der Waals surface area contributed by atoms with Crippen molar-refractivity contribution in [2.75, 3.05) is 17.4 Å². The van der Waals surface area contributed by atoms with Crippen molar-refractivity contribution in [3.8, 4) is 0 Å². The van der Waals surface area contributed by atoms with Crippen molar-refractivity contribution in [3.63, 3.8) is 0 Å². The van der Waals surface area contributed by atoms with Crippen molar-refractivity contribution in [1.82, 2.24) is 4.98 Å². The minimum absolute atomic E-state index is 0.00630. The van der Waals surface area contributed by atoms with Crippen molar-refractivity contribution in [3.05, 3.63) is 52.6 Å². The maximum Gasteiger partial charge on any atom is 0.178 e. The molecule has 2 aromatic rings. The van der Waals surface area contributed by atoms with Gasteiger partial charge in [0.25, 0.3) is 0 Å². The van der Waals surface area contributed by atoms with Crippen molar-refractivity contribution in [1.29, 1.82) is 0 Å². The van der Waals surface area contributed by atoms with E-state index >= 15 is 0 Å². The van der Waals surface area contributed by atoms with Gasteiger partial charge < -0.3 is 10.3 Å².